The van der Waals surface area contributed by atoms with E-state index in [2.05, 4.69) is 6.92 Å². The van der Waals surface area contributed by atoms with E-state index in [0.717, 1.165) is 19.3 Å². The summed E-state index contributed by atoms with van der Waals surface area (Å²) in [5.74, 6) is 0.966. The van der Waals surface area contributed by atoms with E-state index in [4.69, 9.17) is 0 Å². The lowest BCUT2D eigenvalue weighted by Crippen LogP contribution is -2.29. The predicted molar refractivity (Wildman–Crippen MR) is 51.4 cm³/mol. The maximum absolute atomic E-state index is 11.5. The molecule has 1 saturated carbocycles. The van der Waals surface area contributed by atoms with Gasteiger partial charge in [-0.15, -0.1) is 0 Å². The lowest BCUT2D eigenvalue weighted by atomic mass is 9.75. The normalized spacial score (nSPS) is 28.9. The summed E-state index contributed by atoms with van der Waals surface area (Å²) in [6.45, 7) is 3.69. The molecule has 2 heteroatoms. The van der Waals surface area contributed by atoms with E-state index in [1.54, 1.807) is 6.92 Å². The van der Waals surface area contributed by atoms with Crippen molar-refractivity contribution in [3.8, 4) is 0 Å². The topological polar surface area (TPSA) is 34.1 Å². The molecule has 2 atom stereocenters. The van der Waals surface area contributed by atoms with Crippen LogP contribution in [0.5, 0.6) is 0 Å². The first-order valence-electron chi connectivity index (χ1n) is 5.17. The summed E-state index contributed by atoms with van der Waals surface area (Å²) < 4.78 is 0. The van der Waals surface area contributed by atoms with E-state index in [-0.39, 0.29) is 11.7 Å². The van der Waals surface area contributed by atoms with Crippen LogP contribution in [0.3, 0.4) is 0 Å². The van der Waals surface area contributed by atoms with E-state index in [1.807, 2.05) is 0 Å². The van der Waals surface area contributed by atoms with Crippen LogP contribution in [0.4, 0.5) is 0 Å². The molecule has 13 heavy (non-hydrogen) atoms. The van der Waals surface area contributed by atoms with Gasteiger partial charge in [0.2, 0.25) is 0 Å². The molecule has 0 saturated heterocycles. The van der Waals surface area contributed by atoms with Crippen molar-refractivity contribution in [1.29, 1.82) is 0 Å². The lowest BCUT2D eigenvalue weighted by Gasteiger charge is -2.28. The minimum atomic E-state index is 0.0382. The third-order valence-electron chi connectivity index (χ3n) is 3.01. The van der Waals surface area contributed by atoms with Crippen molar-refractivity contribution in [3.05, 3.63) is 0 Å². The maximum Gasteiger partial charge on any atom is 0.136 e. The molecule has 1 fully saturated rings. The van der Waals surface area contributed by atoms with Crippen molar-refractivity contribution in [2.24, 2.45) is 11.8 Å². The number of hydrogen-bond donors (Lipinski definition) is 0. The minimum Gasteiger partial charge on any atom is -0.300 e. The van der Waals surface area contributed by atoms with Crippen LogP contribution in [0, 0.1) is 11.8 Å². The second-order valence-electron chi connectivity index (χ2n) is 4.04. The molecule has 0 unspecified atom stereocenters. The molecule has 74 valence electrons. The Morgan fingerprint density at radius 3 is 2.77 bits per heavy atom. The zero-order valence-corrected chi connectivity index (χ0v) is 8.51. The molecular weight excluding hydrogens is 164 g/mol. The fraction of sp³-hybridized carbons (Fsp3) is 0.818. The molecule has 0 bridgehead atoms. The Balaban J connectivity index is 2.62. The van der Waals surface area contributed by atoms with Gasteiger partial charge in [-0.05, 0) is 25.7 Å². The van der Waals surface area contributed by atoms with Gasteiger partial charge < -0.3 is 4.79 Å². The Kier molecular flexibility index (Phi) is 3.64. The van der Waals surface area contributed by atoms with Crippen molar-refractivity contribution in [1.82, 2.24) is 0 Å². The summed E-state index contributed by atoms with van der Waals surface area (Å²) in [5, 5.41) is 0. The zero-order chi connectivity index (χ0) is 9.84. The third-order valence-corrected chi connectivity index (χ3v) is 3.01. The van der Waals surface area contributed by atoms with Gasteiger partial charge in [0.05, 0.1) is 0 Å². The standard InChI is InChI=1S/C11H18O2/c1-3-9-5-4-6-11(13)10(9)7-8(2)12/h9-10H,3-7H2,1-2H3/t9-,10+/m1/s1. The van der Waals surface area contributed by atoms with Gasteiger partial charge in [0.15, 0.2) is 0 Å². The highest BCUT2D eigenvalue weighted by Crippen LogP contribution is 2.31. The van der Waals surface area contributed by atoms with Crippen LogP contribution in [-0.2, 0) is 9.59 Å². The maximum atomic E-state index is 11.5. The zero-order valence-electron chi connectivity index (χ0n) is 8.51. The summed E-state index contributed by atoms with van der Waals surface area (Å²) in [5.41, 5.74) is 0. The van der Waals surface area contributed by atoms with Gasteiger partial charge in [-0.3, -0.25) is 4.79 Å². The predicted octanol–water partition coefficient (Wildman–Crippen LogP) is 2.36. The fourth-order valence-corrected chi connectivity index (χ4v) is 2.27. The number of carbonyl (C=O) groups excluding carboxylic acids is 2. The molecule has 0 aromatic rings. The summed E-state index contributed by atoms with van der Waals surface area (Å²) in [7, 11) is 0. The van der Waals surface area contributed by atoms with Gasteiger partial charge in [0.25, 0.3) is 0 Å². The second kappa shape index (κ2) is 4.54. The second-order valence-corrected chi connectivity index (χ2v) is 4.04. The van der Waals surface area contributed by atoms with Crippen molar-refractivity contribution in [2.75, 3.05) is 0 Å². The minimum absolute atomic E-state index is 0.0382. The van der Waals surface area contributed by atoms with Crippen LogP contribution in [0.25, 0.3) is 0 Å². The Morgan fingerprint density at radius 1 is 1.54 bits per heavy atom. The molecule has 0 radical (unpaired) electrons. The highest BCUT2D eigenvalue weighted by atomic mass is 16.1. The molecule has 1 aliphatic rings. The largest absolute Gasteiger partial charge is 0.300 e. The first kappa shape index (κ1) is 10.4. The van der Waals surface area contributed by atoms with Gasteiger partial charge >= 0.3 is 0 Å². The van der Waals surface area contributed by atoms with Crippen LogP contribution in [0.2, 0.25) is 0 Å². The lowest BCUT2D eigenvalue weighted by molar-refractivity contribution is -0.131. The van der Waals surface area contributed by atoms with Crippen LogP contribution < -0.4 is 0 Å². The Hall–Kier alpha value is -0.660. The van der Waals surface area contributed by atoms with Crippen molar-refractivity contribution < 1.29 is 9.59 Å². The molecule has 0 amide bonds. The average molecular weight is 182 g/mol. The number of Topliss-reactive ketones (excluding diaryl/α,β-unsaturated/α-hetero) is 2. The van der Waals surface area contributed by atoms with Crippen molar-refractivity contribution in [3.63, 3.8) is 0 Å². The average Bonchev–Trinajstić information content (AvgIpc) is 2.08. The van der Waals surface area contributed by atoms with Gasteiger partial charge in [-0.1, -0.05) is 13.3 Å². The van der Waals surface area contributed by atoms with Crippen molar-refractivity contribution in [2.45, 2.75) is 46.0 Å². The molecule has 0 aromatic heterocycles. The van der Waals surface area contributed by atoms with Gasteiger partial charge in [0, 0.05) is 18.8 Å². The molecule has 0 N–H and O–H groups in total. The molecule has 0 spiro atoms. The van der Waals surface area contributed by atoms with Crippen LogP contribution >= 0.6 is 0 Å². The van der Waals surface area contributed by atoms with Gasteiger partial charge in [-0.25, -0.2) is 0 Å². The van der Waals surface area contributed by atoms with Crippen LogP contribution in [-0.4, -0.2) is 11.6 Å². The Bertz CT molecular complexity index is 208. The number of hydrogen-bond acceptors (Lipinski definition) is 2. The molecule has 0 aliphatic heterocycles. The Labute approximate surface area is 79.7 Å². The molecule has 2 nitrogen and oxygen atoms in total. The number of rotatable bonds is 3. The van der Waals surface area contributed by atoms with Crippen molar-refractivity contribution >= 4 is 11.6 Å². The summed E-state index contributed by atoms with van der Waals surface area (Å²) in [6, 6.07) is 0. The summed E-state index contributed by atoms with van der Waals surface area (Å²) >= 11 is 0. The molecular formula is C11H18O2. The van der Waals surface area contributed by atoms with Crippen LogP contribution in [0.15, 0.2) is 0 Å². The smallest absolute Gasteiger partial charge is 0.136 e. The van der Waals surface area contributed by atoms with E-state index in [9.17, 15) is 9.59 Å². The summed E-state index contributed by atoms with van der Waals surface area (Å²) in [6.07, 6.45) is 4.33. The van der Waals surface area contributed by atoms with Crippen LogP contribution in [0.1, 0.15) is 46.0 Å². The SMILES string of the molecule is CC[C@@H]1CCCC(=O)[C@H]1CC(C)=O. The fourth-order valence-electron chi connectivity index (χ4n) is 2.27. The molecule has 0 heterocycles. The third kappa shape index (κ3) is 2.64. The van der Waals surface area contributed by atoms with Gasteiger partial charge in [0.1, 0.15) is 11.6 Å². The van der Waals surface area contributed by atoms with E-state index in [0.29, 0.717) is 24.5 Å². The molecule has 1 aliphatic carbocycles. The molecule has 1 rings (SSSR count). The quantitative estimate of drug-likeness (QED) is 0.671. The van der Waals surface area contributed by atoms with E-state index in [1.165, 1.54) is 0 Å². The van der Waals surface area contributed by atoms with E-state index >= 15 is 0 Å². The highest BCUT2D eigenvalue weighted by molar-refractivity contribution is 5.87. The molecule has 0 aromatic carbocycles. The first-order chi connectivity index (χ1) is 6.15. The number of carbonyl (C=O) groups is 2. The van der Waals surface area contributed by atoms with Gasteiger partial charge in [-0.2, -0.15) is 0 Å². The first-order valence-corrected chi connectivity index (χ1v) is 5.17. The number of ketones is 2. The monoisotopic (exact) mass is 182 g/mol. The summed E-state index contributed by atoms with van der Waals surface area (Å²) in [4.78, 5) is 22.5. The Morgan fingerprint density at radius 2 is 2.23 bits per heavy atom. The highest BCUT2D eigenvalue weighted by Gasteiger charge is 2.31. The van der Waals surface area contributed by atoms with E-state index < -0.39 is 0 Å².